The van der Waals surface area contributed by atoms with Gasteiger partial charge in [0.05, 0.1) is 17.1 Å². The van der Waals surface area contributed by atoms with Crippen molar-refractivity contribution < 1.29 is 62.1 Å². The maximum atomic E-state index is 11.7. The number of hydrogen-bond acceptors (Lipinski definition) is 17. The normalized spacial score (nSPS) is 46.8. The number of methoxy groups -OCH3 is 4. The summed E-state index contributed by atoms with van der Waals surface area (Å²) in [5, 5.41) is 23.3. The van der Waals surface area contributed by atoms with Crippen molar-refractivity contribution >= 4 is 27.3 Å². The SMILES string of the molecule is CO[C@]1(C)O[C@@H]2[C@@H](O[C@@]1(C)OC)[C@H](C)O[C@H](SSc1ccc([N+](=O)[O-])cn1)[C@@H]2O[C@H]1O[C@@H](C)[C@@H]2O[C@@](C)(OC)[C@](C)(OC)O[C@H]2[C@H]1O. The topological polar surface area (TPSA) is 178 Å². The second-order valence-corrected chi connectivity index (χ2v) is 14.6. The van der Waals surface area contributed by atoms with Gasteiger partial charge in [-0.3, -0.25) is 10.1 Å². The molecule has 14 atom stereocenters. The van der Waals surface area contributed by atoms with Gasteiger partial charge in [-0.1, -0.05) is 10.8 Å². The van der Waals surface area contributed by atoms with Gasteiger partial charge in [0, 0.05) is 34.5 Å². The molecule has 0 saturated carbocycles. The van der Waals surface area contributed by atoms with Crippen LogP contribution in [-0.2, 0) is 52.1 Å². The Morgan fingerprint density at radius 2 is 1.30 bits per heavy atom. The van der Waals surface area contributed by atoms with Gasteiger partial charge >= 0.3 is 0 Å². The number of aliphatic hydroxyl groups excluding tert-OH is 1. The number of rotatable bonds is 10. The summed E-state index contributed by atoms with van der Waals surface area (Å²) < 4.78 is 67.8. The number of nitro groups is 1. The minimum absolute atomic E-state index is 0.126. The van der Waals surface area contributed by atoms with E-state index in [2.05, 4.69) is 4.98 Å². The van der Waals surface area contributed by atoms with E-state index in [1.54, 1.807) is 40.7 Å². The predicted molar refractivity (Wildman–Crippen MR) is 165 cm³/mol. The van der Waals surface area contributed by atoms with Crippen LogP contribution in [-0.4, -0.2) is 127 Å². The number of aliphatic hydroxyl groups is 1. The van der Waals surface area contributed by atoms with Crippen LogP contribution in [0.5, 0.6) is 0 Å². The molecule has 4 saturated heterocycles. The van der Waals surface area contributed by atoms with Crippen LogP contribution >= 0.6 is 21.6 Å². The Hall–Kier alpha value is -1.23. The van der Waals surface area contributed by atoms with Gasteiger partial charge in [0.2, 0.25) is 23.1 Å². The van der Waals surface area contributed by atoms with Gasteiger partial charge in [-0.15, -0.1) is 0 Å². The lowest BCUT2D eigenvalue weighted by molar-refractivity contribution is -0.488. The molecule has 0 unspecified atom stereocenters. The van der Waals surface area contributed by atoms with Gasteiger partial charge in [0.15, 0.2) is 6.29 Å². The lowest BCUT2D eigenvalue weighted by atomic mass is 9.93. The van der Waals surface area contributed by atoms with Crippen molar-refractivity contribution in [3.05, 3.63) is 28.4 Å². The van der Waals surface area contributed by atoms with E-state index in [4.69, 9.17) is 52.1 Å². The highest BCUT2D eigenvalue weighted by atomic mass is 33.1. The van der Waals surface area contributed by atoms with Crippen molar-refractivity contribution in [3.8, 4) is 0 Å². The Balaban J connectivity index is 1.44. The van der Waals surface area contributed by atoms with Crippen LogP contribution in [0.15, 0.2) is 23.4 Å². The molecule has 1 aromatic rings. The van der Waals surface area contributed by atoms with Crippen LogP contribution < -0.4 is 0 Å². The third kappa shape index (κ3) is 6.56. The molecule has 0 amide bonds. The minimum Gasteiger partial charge on any atom is -0.385 e. The molecule has 0 radical (unpaired) electrons. The highest BCUT2D eigenvalue weighted by molar-refractivity contribution is 8.76. The summed E-state index contributed by atoms with van der Waals surface area (Å²) in [7, 11) is 8.42. The van der Waals surface area contributed by atoms with Crippen LogP contribution in [0, 0.1) is 10.1 Å². The van der Waals surface area contributed by atoms with Crippen molar-refractivity contribution in [2.45, 2.75) is 130 Å². The van der Waals surface area contributed by atoms with Gasteiger partial charge in [-0.25, -0.2) is 4.98 Å². The molecule has 5 rings (SSSR count). The highest BCUT2D eigenvalue weighted by Crippen LogP contribution is 2.49. The fourth-order valence-electron chi connectivity index (χ4n) is 6.07. The molecule has 0 aromatic carbocycles. The fraction of sp³-hybridized carbons (Fsp3) is 0.828. The van der Waals surface area contributed by atoms with E-state index < -0.39 is 88.6 Å². The summed E-state index contributed by atoms with van der Waals surface area (Å²) >= 11 is 0. The maximum absolute atomic E-state index is 11.7. The first-order chi connectivity index (χ1) is 22.1. The van der Waals surface area contributed by atoms with Crippen LogP contribution in [0.1, 0.15) is 41.5 Å². The van der Waals surface area contributed by atoms with Gasteiger partial charge < -0.3 is 57.2 Å². The number of pyridine rings is 1. The van der Waals surface area contributed by atoms with Crippen LogP contribution in [0.3, 0.4) is 0 Å². The summed E-state index contributed by atoms with van der Waals surface area (Å²) in [6.45, 7) is 10.4. The van der Waals surface area contributed by atoms with Crippen molar-refractivity contribution in [2.24, 2.45) is 0 Å². The van der Waals surface area contributed by atoms with Crippen molar-refractivity contribution in [2.75, 3.05) is 28.4 Å². The molecule has 4 aliphatic rings. The first-order valence-corrected chi connectivity index (χ1v) is 17.3. The number of nitrogens with zero attached hydrogens (tertiary/aromatic N) is 2. The van der Waals surface area contributed by atoms with Gasteiger partial charge in [0.25, 0.3) is 5.69 Å². The molecular weight excluding hydrogens is 664 g/mol. The Morgan fingerprint density at radius 1 is 0.809 bits per heavy atom. The highest BCUT2D eigenvalue weighted by Gasteiger charge is 2.65. The van der Waals surface area contributed by atoms with Crippen molar-refractivity contribution in [3.63, 3.8) is 0 Å². The lowest BCUT2D eigenvalue weighted by Gasteiger charge is -2.58. The van der Waals surface area contributed by atoms with E-state index in [0.717, 1.165) is 0 Å². The molecule has 5 heterocycles. The molecule has 4 aliphatic heterocycles. The Labute approximate surface area is 281 Å². The summed E-state index contributed by atoms with van der Waals surface area (Å²) in [6.07, 6.45) is -6.58. The third-order valence-corrected chi connectivity index (χ3v) is 12.0. The van der Waals surface area contributed by atoms with E-state index >= 15 is 0 Å². The summed E-state index contributed by atoms with van der Waals surface area (Å²) in [5.74, 6) is -5.36. The van der Waals surface area contributed by atoms with Gasteiger partial charge in [0.1, 0.15) is 53.3 Å². The number of fused-ring (bicyclic) bond motifs is 2. The van der Waals surface area contributed by atoms with Crippen LogP contribution in [0.4, 0.5) is 5.69 Å². The molecule has 47 heavy (non-hydrogen) atoms. The Kier molecular flexibility index (Phi) is 10.9. The molecule has 0 spiro atoms. The molecule has 16 nitrogen and oxygen atoms in total. The molecule has 18 heteroatoms. The zero-order chi connectivity index (χ0) is 34.5. The third-order valence-electron chi connectivity index (χ3n) is 9.58. The Morgan fingerprint density at radius 3 is 1.79 bits per heavy atom. The van der Waals surface area contributed by atoms with E-state index in [0.29, 0.717) is 5.03 Å². The Bertz CT molecular complexity index is 1270. The zero-order valence-electron chi connectivity index (χ0n) is 28.0. The smallest absolute Gasteiger partial charge is 0.287 e. The molecule has 4 fully saturated rings. The van der Waals surface area contributed by atoms with Crippen LogP contribution in [0.25, 0.3) is 0 Å². The average molecular weight is 709 g/mol. The minimum atomic E-state index is -1.38. The first kappa shape index (κ1) is 37.0. The summed E-state index contributed by atoms with van der Waals surface area (Å²) in [4.78, 5) is 14.8. The number of hydrogen-bond donors (Lipinski definition) is 1. The van der Waals surface area contributed by atoms with E-state index in [1.807, 2.05) is 6.92 Å². The lowest BCUT2D eigenvalue weighted by Crippen LogP contribution is -2.74. The number of aromatic nitrogens is 1. The second-order valence-electron chi connectivity index (χ2n) is 12.2. The molecule has 1 aromatic heterocycles. The number of ether oxygens (including phenoxy) is 11. The zero-order valence-corrected chi connectivity index (χ0v) is 29.6. The summed E-state index contributed by atoms with van der Waals surface area (Å²) in [6, 6.07) is 2.92. The average Bonchev–Trinajstić information content (AvgIpc) is 3.05. The van der Waals surface area contributed by atoms with E-state index in [1.165, 1.54) is 62.3 Å². The predicted octanol–water partition coefficient (Wildman–Crippen LogP) is 2.98. The molecule has 266 valence electrons. The first-order valence-electron chi connectivity index (χ1n) is 15.1. The van der Waals surface area contributed by atoms with E-state index in [9.17, 15) is 15.2 Å². The monoisotopic (exact) mass is 708 g/mol. The summed E-state index contributed by atoms with van der Waals surface area (Å²) in [5.41, 5.74) is -0.864. The van der Waals surface area contributed by atoms with Gasteiger partial charge in [-0.2, -0.15) is 0 Å². The molecule has 0 bridgehead atoms. The largest absolute Gasteiger partial charge is 0.385 e. The molecule has 0 aliphatic carbocycles. The second kappa shape index (κ2) is 13.8. The molecular formula is C29H44N2O14S2. The van der Waals surface area contributed by atoms with Gasteiger partial charge in [-0.05, 0) is 58.4 Å². The van der Waals surface area contributed by atoms with Crippen molar-refractivity contribution in [1.82, 2.24) is 4.98 Å². The maximum Gasteiger partial charge on any atom is 0.287 e. The van der Waals surface area contributed by atoms with Crippen molar-refractivity contribution in [1.29, 1.82) is 0 Å². The van der Waals surface area contributed by atoms with E-state index in [-0.39, 0.29) is 5.69 Å². The molecule has 1 N–H and O–H groups in total. The standard InChI is InChI=1S/C29H44N2O14S2/c1-14-19-21(44-28(5,37-9)26(3,35-7)42-19)18(32)24(39-14)41-23-22-20(43-27(4,36-8)29(6,38-10)45-22)15(2)40-25(23)47-46-17-12-11-16(13-30-17)31(33)34/h11-15,18-25,32H,1-10H3/t14-,15-,18+,19-,20-,21-,22+,23+,24+,25+,26+,27+,28+,29+/m0/s1. The van der Waals surface area contributed by atoms with Crippen LogP contribution in [0.2, 0.25) is 0 Å². The fourth-order valence-corrected chi connectivity index (χ4v) is 8.37. The quantitative estimate of drug-likeness (QED) is 0.213.